The summed E-state index contributed by atoms with van der Waals surface area (Å²) in [5.41, 5.74) is 1.37. The van der Waals surface area contributed by atoms with Gasteiger partial charge in [-0.05, 0) is 37.1 Å². The molecule has 0 heterocycles. The predicted molar refractivity (Wildman–Crippen MR) is 81.7 cm³/mol. The molecule has 4 nitrogen and oxygen atoms in total. The fourth-order valence-electron chi connectivity index (χ4n) is 2.14. The Morgan fingerprint density at radius 3 is 2.62 bits per heavy atom. The Morgan fingerprint density at radius 1 is 1.24 bits per heavy atom. The molecule has 0 aliphatic heterocycles. The van der Waals surface area contributed by atoms with E-state index < -0.39 is 0 Å². The Labute approximate surface area is 124 Å². The maximum atomic E-state index is 12.2. The first-order valence-electron chi connectivity index (χ1n) is 6.82. The lowest BCUT2D eigenvalue weighted by atomic mass is 10.1. The van der Waals surface area contributed by atoms with E-state index >= 15 is 0 Å². The minimum absolute atomic E-state index is 0.0366. The molecule has 2 aromatic rings. The van der Waals surface area contributed by atoms with Gasteiger partial charge in [0.25, 0.3) is 5.91 Å². The molecule has 0 aromatic heterocycles. The van der Waals surface area contributed by atoms with E-state index in [2.05, 4.69) is 5.32 Å². The molecule has 0 fully saturated rings. The number of methoxy groups -OCH3 is 1. The second kappa shape index (κ2) is 6.79. The van der Waals surface area contributed by atoms with Crippen LogP contribution in [-0.4, -0.2) is 24.2 Å². The molecule has 1 unspecified atom stereocenters. The molecule has 110 valence electrons. The quantitative estimate of drug-likeness (QED) is 0.888. The summed E-state index contributed by atoms with van der Waals surface area (Å²) in [6, 6.07) is 14.5. The van der Waals surface area contributed by atoms with E-state index in [4.69, 9.17) is 4.74 Å². The predicted octanol–water partition coefficient (Wildman–Crippen LogP) is 2.76. The van der Waals surface area contributed by atoms with Crippen LogP contribution in [0.4, 0.5) is 0 Å². The van der Waals surface area contributed by atoms with Crippen LogP contribution in [0.1, 0.15) is 22.8 Å². The van der Waals surface area contributed by atoms with Gasteiger partial charge in [0.05, 0.1) is 12.7 Å². The molecule has 4 heteroatoms. The SMILES string of the molecule is COc1ccc(O)c(C(=O)NC(C)Cc2ccccc2)c1. The van der Waals surface area contributed by atoms with Crippen LogP contribution in [0.5, 0.6) is 11.5 Å². The summed E-state index contributed by atoms with van der Waals surface area (Å²) in [5.74, 6) is 0.170. The van der Waals surface area contributed by atoms with Crippen LogP contribution in [-0.2, 0) is 6.42 Å². The molecule has 1 amide bonds. The lowest BCUT2D eigenvalue weighted by Gasteiger charge is -2.15. The van der Waals surface area contributed by atoms with Gasteiger partial charge in [-0.25, -0.2) is 0 Å². The Bertz CT molecular complexity index is 611. The zero-order valence-electron chi connectivity index (χ0n) is 12.2. The third kappa shape index (κ3) is 3.99. The second-order valence-corrected chi connectivity index (χ2v) is 4.95. The van der Waals surface area contributed by atoms with Crippen LogP contribution in [0.3, 0.4) is 0 Å². The largest absolute Gasteiger partial charge is 0.507 e. The van der Waals surface area contributed by atoms with E-state index in [9.17, 15) is 9.90 Å². The summed E-state index contributed by atoms with van der Waals surface area (Å²) in [5, 5.41) is 12.7. The van der Waals surface area contributed by atoms with Crippen molar-refractivity contribution in [1.29, 1.82) is 0 Å². The van der Waals surface area contributed by atoms with E-state index in [0.717, 1.165) is 12.0 Å². The van der Waals surface area contributed by atoms with Crippen LogP contribution < -0.4 is 10.1 Å². The number of nitrogens with one attached hydrogen (secondary N) is 1. The summed E-state index contributed by atoms with van der Waals surface area (Å²) < 4.78 is 5.07. The normalized spacial score (nSPS) is 11.7. The van der Waals surface area contributed by atoms with Crippen molar-refractivity contribution >= 4 is 5.91 Å². The Kier molecular flexibility index (Phi) is 4.82. The van der Waals surface area contributed by atoms with Gasteiger partial charge in [-0.1, -0.05) is 30.3 Å². The van der Waals surface area contributed by atoms with Gasteiger partial charge in [0, 0.05) is 6.04 Å². The maximum absolute atomic E-state index is 12.2. The van der Waals surface area contributed by atoms with Crippen LogP contribution >= 0.6 is 0 Å². The van der Waals surface area contributed by atoms with Crippen molar-refractivity contribution in [1.82, 2.24) is 5.32 Å². The van der Waals surface area contributed by atoms with E-state index in [-0.39, 0.29) is 23.3 Å². The fourth-order valence-corrected chi connectivity index (χ4v) is 2.14. The number of phenolic OH excluding ortho intramolecular Hbond substituents is 1. The van der Waals surface area contributed by atoms with Crippen LogP contribution in [0.15, 0.2) is 48.5 Å². The summed E-state index contributed by atoms with van der Waals surface area (Å²) in [6.07, 6.45) is 0.733. The molecule has 0 bridgehead atoms. The van der Waals surface area contributed by atoms with Crippen molar-refractivity contribution in [3.8, 4) is 11.5 Å². The molecule has 0 spiro atoms. The van der Waals surface area contributed by atoms with Crippen LogP contribution in [0.2, 0.25) is 0 Å². The first-order valence-corrected chi connectivity index (χ1v) is 6.82. The standard InChI is InChI=1S/C17H19NO3/c1-12(10-13-6-4-3-5-7-13)18-17(20)15-11-14(21-2)8-9-16(15)19/h3-9,11-12,19H,10H2,1-2H3,(H,18,20). The molecule has 0 saturated heterocycles. The monoisotopic (exact) mass is 285 g/mol. The number of carbonyl (C=O) groups is 1. The van der Waals surface area contributed by atoms with Crippen molar-refractivity contribution in [3.63, 3.8) is 0 Å². The molecule has 2 rings (SSSR count). The van der Waals surface area contributed by atoms with Crippen molar-refractivity contribution < 1.29 is 14.6 Å². The molecule has 0 aliphatic rings. The third-order valence-corrected chi connectivity index (χ3v) is 3.21. The topological polar surface area (TPSA) is 58.6 Å². The number of amides is 1. The second-order valence-electron chi connectivity index (χ2n) is 4.95. The maximum Gasteiger partial charge on any atom is 0.255 e. The molecule has 0 saturated carbocycles. The number of benzene rings is 2. The van der Waals surface area contributed by atoms with Gasteiger partial charge < -0.3 is 15.2 Å². The number of hydrogen-bond donors (Lipinski definition) is 2. The van der Waals surface area contributed by atoms with Crippen molar-refractivity contribution in [3.05, 3.63) is 59.7 Å². The molecule has 1 atom stereocenters. The molecule has 2 aromatic carbocycles. The van der Waals surface area contributed by atoms with Gasteiger partial charge in [0.2, 0.25) is 0 Å². The lowest BCUT2D eigenvalue weighted by Crippen LogP contribution is -2.34. The first-order chi connectivity index (χ1) is 10.1. The Balaban J connectivity index is 2.04. The van der Waals surface area contributed by atoms with E-state index in [1.807, 2.05) is 37.3 Å². The van der Waals surface area contributed by atoms with Crippen molar-refractivity contribution in [2.75, 3.05) is 7.11 Å². The lowest BCUT2D eigenvalue weighted by molar-refractivity contribution is 0.0937. The van der Waals surface area contributed by atoms with E-state index in [0.29, 0.717) is 5.75 Å². The number of ether oxygens (including phenoxy) is 1. The highest BCUT2D eigenvalue weighted by Crippen LogP contribution is 2.22. The van der Waals surface area contributed by atoms with E-state index in [1.165, 1.54) is 19.2 Å². The molecular formula is C17H19NO3. The molecule has 2 N–H and O–H groups in total. The third-order valence-electron chi connectivity index (χ3n) is 3.21. The van der Waals surface area contributed by atoms with Gasteiger partial charge in [0.1, 0.15) is 11.5 Å². The number of phenols is 1. The Hall–Kier alpha value is -2.49. The van der Waals surface area contributed by atoms with Gasteiger partial charge in [-0.3, -0.25) is 4.79 Å². The highest BCUT2D eigenvalue weighted by molar-refractivity contribution is 5.97. The summed E-state index contributed by atoms with van der Waals surface area (Å²) in [6.45, 7) is 1.93. The number of carbonyl (C=O) groups excluding carboxylic acids is 1. The van der Waals surface area contributed by atoms with Crippen LogP contribution in [0, 0.1) is 0 Å². The smallest absolute Gasteiger partial charge is 0.255 e. The zero-order valence-corrected chi connectivity index (χ0v) is 12.2. The Morgan fingerprint density at radius 2 is 1.95 bits per heavy atom. The first kappa shape index (κ1) is 14.9. The summed E-state index contributed by atoms with van der Waals surface area (Å²) in [7, 11) is 1.52. The minimum atomic E-state index is -0.310. The van der Waals surface area contributed by atoms with Crippen molar-refractivity contribution in [2.24, 2.45) is 0 Å². The average molecular weight is 285 g/mol. The summed E-state index contributed by atoms with van der Waals surface area (Å²) in [4.78, 5) is 12.2. The molecular weight excluding hydrogens is 266 g/mol. The fraction of sp³-hybridized carbons (Fsp3) is 0.235. The van der Waals surface area contributed by atoms with E-state index in [1.54, 1.807) is 6.07 Å². The van der Waals surface area contributed by atoms with Crippen molar-refractivity contribution in [2.45, 2.75) is 19.4 Å². The average Bonchev–Trinajstić information content (AvgIpc) is 2.48. The van der Waals surface area contributed by atoms with Crippen LogP contribution in [0.25, 0.3) is 0 Å². The van der Waals surface area contributed by atoms with Gasteiger partial charge >= 0.3 is 0 Å². The van der Waals surface area contributed by atoms with Gasteiger partial charge in [-0.2, -0.15) is 0 Å². The minimum Gasteiger partial charge on any atom is -0.507 e. The number of rotatable bonds is 5. The van der Waals surface area contributed by atoms with Gasteiger partial charge in [-0.15, -0.1) is 0 Å². The number of aromatic hydroxyl groups is 1. The summed E-state index contributed by atoms with van der Waals surface area (Å²) >= 11 is 0. The molecule has 21 heavy (non-hydrogen) atoms. The highest BCUT2D eigenvalue weighted by atomic mass is 16.5. The zero-order chi connectivity index (χ0) is 15.2. The van der Waals surface area contributed by atoms with Gasteiger partial charge in [0.15, 0.2) is 0 Å². The number of hydrogen-bond acceptors (Lipinski definition) is 3. The molecule has 0 aliphatic carbocycles. The molecule has 0 radical (unpaired) electrons. The highest BCUT2D eigenvalue weighted by Gasteiger charge is 2.15.